The summed E-state index contributed by atoms with van der Waals surface area (Å²) in [6.07, 6.45) is 2.61. The molecule has 7 heteroatoms. The Hall–Kier alpha value is -0.730. The highest BCUT2D eigenvalue weighted by Crippen LogP contribution is 2.35. The zero-order valence-corrected chi connectivity index (χ0v) is 17.4. The van der Waals surface area contributed by atoms with Crippen molar-refractivity contribution in [3.8, 4) is 0 Å². The lowest BCUT2D eigenvalue weighted by Crippen LogP contribution is -2.37. The van der Waals surface area contributed by atoms with E-state index in [1.165, 1.54) is 46.8 Å². The lowest BCUT2D eigenvalue weighted by atomic mass is 10.2. The molecule has 0 bridgehead atoms. The van der Waals surface area contributed by atoms with Crippen molar-refractivity contribution >= 4 is 33.3 Å². The zero-order chi connectivity index (χ0) is 17.9. The molecule has 0 atom stereocenters. The minimum atomic E-state index is 0.866. The standard InChI is InChI=1S/C19H28N4OS2/c1-14-15(2)26-19-17(14)18(25-12-9-22-7-10-24-11-8-22)20-16(21-19)13-23-5-3-4-6-23/h3-13H2,1-2H3. The second-order valence-corrected chi connectivity index (χ2v) is 9.48. The number of ether oxygens (including phenoxy) is 1. The van der Waals surface area contributed by atoms with E-state index in [1.807, 2.05) is 23.1 Å². The third kappa shape index (κ3) is 4.22. The van der Waals surface area contributed by atoms with Gasteiger partial charge in [-0.25, -0.2) is 9.97 Å². The quantitative estimate of drug-likeness (QED) is 0.555. The fourth-order valence-electron chi connectivity index (χ4n) is 3.67. The molecule has 0 aromatic carbocycles. The minimum Gasteiger partial charge on any atom is -0.379 e. The molecular formula is C19H28N4OS2. The predicted molar refractivity (Wildman–Crippen MR) is 109 cm³/mol. The number of morpholine rings is 1. The van der Waals surface area contributed by atoms with Gasteiger partial charge in [-0.15, -0.1) is 23.1 Å². The van der Waals surface area contributed by atoms with Crippen molar-refractivity contribution in [3.05, 3.63) is 16.3 Å². The Labute approximate surface area is 164 Å². The molecule has 2 aromatic heterocycles. The summed E-state index contributed by atoms with van der Waals surface area (Å²) in [7, 11) is 0. The maximum Gasteiger partial charge on any atom is 0.145 e. The van der Waals surface area contributed by atoms with Gasteiger partial charge in [-0.05, 0) is 45.3 Å². The lowest BCUT2D eigenvalue weighted by Gasteiger charge is -2.26. The SMILES string of the molecule is Cc1sc2nc(CN3CCCC3)nc(SCCN3CCOCC3)c2c1C. The average molecular weight is 393 g/mol. The van der Waals surface area contributed by atoms with E-state index in [-0.39, 0.29) is 0 Å². The van der Waals surface area contributed by atoms with Crippen molar-refractivity contribution in [1.29, 1.82) is 0 Å². The van der Waals surface area contributed by atoms with Crippen LogP contribution in [-0.2, 0) is 11.3 Å². The highest BCUT2D eigenvalue weighted by Gasteiger charge is 2.19. The third-order valence-electron chi connectivity index (χ3n) is 5.36. The molecule has 0 amide bonds. The van der Waals surface area contributed by atoms with Crippen LogP contribution in [0.25, 0.3) is 10.2 Å². The first kappa shape index (κ1) is 18.6. The maximum absolute atomic E-state index is 5.45. The second kappa shape index (κ2) is 8.52. The monoisotopic (exact) mass is 392 g/mol. The summed E-state index contributed by atoms with van der Waals surface area (Å²) in [6, 6.07) is 0. The van der Waals surface area contributed by atoms with Crippen LogP contribution in [0.2, 0.25) is 0 Å². The van der Waals surface area contributed by atoms with Crippen molar-refractivity contribution < 1.29 is 4.74 Å². The van der Waals surface area contributed by atoms with Gasteiger partial charge in [0.1, 0.15) is 15.7 Å². The van der Waals surface area contributed by atoms with Crippen molar-refractivity contribution in [2.24, 2.45) is 0 Å². The molecule has 26 heavy (non-hydrogen) atoms. The Balaban J connectivity index is 1.51. The first-order valence-electron chi connectivity index (χ1n) is 9.62. The van der Waals surface area contributed by atoms with Gasteiger partial charge in [0.15, 0.2) is 0 Å². The topological polar surface area (TPSA) is 41.5 Å². The Morgan fingerprint density at radius 1 is 1.04 bits per heavy atom. The number of aryl methyl sites for hydroxylation is 2. The summed E-state index contributed by atoms with van der Waals surface area (Å²) in [6.45, 7) is 12.6. The fraction of sp³-hybridized carbons (Fsp3) is 0.684. The molecule has 0 aliphatic carbocycles. The Morgan fingerprint density at radius 3 is 2.58 bits per heavy atom. The molecule has 0 radical (unpaired) electrons. The van der Waals surface area contributed by atoms with Gasteiger partial charge < -0.3 is 4.74 Å². The van der Waals surface area contributed by atoms with Crippen LogP contribution in [0, 0.1) is 13.8 Å². The van der Waals surface area contributed by atoms with Gasteiger partial charge in [0.05, 0.1) is 19.8 Å². The van der Waals surface area contributed by atoms with E-state index < -0.39 is 0 Å². The largest absolute Gasteiger partial charge is 0.379 e. The Kier molecular flexibility index (Phi) is 6.10. The first-order valence-corrected chi connectivity index (χ1v) is 11.4. The predicted octanol–water partition coefficient (Wildman–Crippen LogP) is 3.33. The van der Waals surface area contributed by atoms with E-state index in [1.54, 1.807) is 0 Å². The highest BCUT2D eigenvalue weighted by molar-refractivity contribution is 7.99. The van der Waals surface area contributed by atoms with E-state index >= 15 is 0 Å². The van der Waals surface area contributed by atoms with E-state index in [9.17, 15) is 0 Å². The third-order valence-corrected chi connectivity index (χ3v) is 7.41. The number of hydrogen-bond acceptors (Lipinski definition) is 7. The van der Waals surface area contributed by atoms with E-state index in [2.05, 4.69) is 23.6 Å². The van der Waals surface area contributed by atoms with Gasteiger partial charge in [0, 0.05) is 35.7 Å². The van der Waals surface area contributed by atoms with Crippen LogP contribution in [0.15, 0.2) is 5.03 Å². The molecule has 4 rings (SSSR count). The number of nitrogens with zero attached hydrogens (tertiary/aromatic N) is 4. The average Bonchev–Trinajstić information content (AvgIpc) is 3.24. The molecule has 0 saturated carbocycles. The number of fused-ring (bicyclic) bond motifs is 1. The van der Waals surface area contributed by atoms with Gasteiger partial charge in [0.2, 0.25) is 0 Å². The van der Waals surface area contributed by atoms with Crippen molar-refractivity contribution in [3.63, 3.8) is 0 Å². The summed E-state index contributed by atoms with van der Waals surface area (Å²) < 4.78 is 5.45. The number of rotatable bonds is 6. The lowest BCUT2D eigenvalue weighted by molar-refractivity contribution is 0.0410. The van der Waals surface area contributed by atoms with Crippen molar-refractivity contribution in [1.82, 2.24) is 19.8 Å². The number of likely N-dealkylation sites (tertiary alicyclic amines) is 1. The smallest absolute Gasteiger partial charge is 0.145 e. The Bertz CT molecular complexity index is 752. The van der Waals surface area contributed by atoms with Crippen LogP contribution >= 0.6 is 23.1 Å². The van der Waals surface area contributed by atoms with Crippen LogP contribution < -0.4 is 0 Å². The van der Waals surface area contributed by atoms with E-state index in [4.69, 9.17) is 14.7 Å². The van der Waals surface area contributed by atoms with Crippen LogP contribution in [-0.4, -0.2) is 71.5 Å². The maximum atomic E-state index is 5.45. The number of thiophene rings is 1. The molecule has 2 aromatic rings. The normalized spacial score (nSPS) is 19.6. The van der Waals surface area contributed by atoms with Gasteiger partial charge in [-0.1, -0.05) is 0 Å². The van der Waals surface area contributed by atoms with E-state index in [0.717, 1.165) is 55.8 Å². The molecule has 4 heterocycles. The van der Waals surface area contributed by atoms with E-state index in [0.29, 0.717) is 0 Å². The molecule has 0 unspecified atom stereocenters. The number of aromatic nitrogens is 2. The van der Waals surface area contributed by atoms with Gasteiger partial charge in [-0.2, -0.15) is 0 Å². The summed E-state index contributed by atoms with van der Waals surface area (Å²) >= 11 is 3.71. The molecule has 2 aliphatic rings. The summed E-state index contributed by atoms with van der Waals surface area (Å²) in [5.41, 5.74) is 1.35. The van der Waals surface area contributed by atoms with Crippen molar-refractivity contribution in [2.45, 2.75) is 38.3 Å². The minimum absolute atomic E-state index is 0.866. The van der Waals surface area contributed by atoms with Gasteiger partial charge in [0.25, 0.3) is 0 Å². The van der Waals surface area contributed by atoms with Crippen LogP contribution in [0.4, 0.5) is 0 Å². The van der Waals surface area contributed by atoms with Crippen LogP contribution in [0.3, 0.4) is 0 Å². The van der Waals surface area contributed by atoms with Crippen LogP contribution in [0.1, 0.15) is 29.1 Å². The molecule has 5 nitrogen and oxygen atoms in total. The van der Waals surface area contributed by atoms with Gasteiger partial charge in [-0.3, -0.25) is 9.80 Å². The summed E-state index contributed by atoms with van der Waals surface area (Å²) in [4.78, 5) is 17.4. The Morgan fingerprint density at radius 2 is 1.81 bits per heavy atom. The summed E-state index contributed by atoms with van der Waals surface area (Å²) in [5, 5.41) is 2.46. The second-order valence-electron chi connectivity index (χ2n) is 7.19. The highest BCUT2D eigenvalue weighted by atomic mass is 32.2. The molecule has 2 fully saturated rings. The first-order chi connectivity index (χ1) is 12.7. The number of thioether (sulfide) groups is 1. The molecule has 2 saturated heterocycles. The van der Waals surface area contributed by atoms with Crippen LogP contribution in [0.5, 0.6) is 0 Å². The molecular weight excluding hydrogens is 364 g/mol. The zero-order valence-electron chi connectivity index (χ0n) is 15.8. The molecule has 0 N–H and O–H groups in total. The fourth-order valence-corrected chi connectivity index (χ4v) is 5.89. The number of hydrogen-bond donors (Lipinski definition) is 0. The van der Waals surface area contributed by atoms with Gasteiger partial charge >= 0.3 is 0 Å². The van der Waals surface area contributed by atoms with Crippen molar-refractivity contribution in [2.75, 3.05) is 51.7 Å². The molecule has 0 spiro atoms. The molecule has 2 aliphatic heterocycles. The summed E-state index contributed by atoms with van der Waals surface area (Å²) in [5.74, 6) is 2.07. The molecule has 142 valence electrons.